The second-order valence-electron chi connectivity index (χ2n) is 11.2. The van der Waals surface area contributed by atoms with Crippen LogP contribution in [0.4, 0.5) is 0 Å². The summed E-state index contributed by atoms with van der Waals surface area (Å²) in [4.78, 5) is 26.5. The molecule has 4 rings (SSSR count). The minimum atomic E-state index is -1.07. The van der Waals surface area contributed by atoms with Gasteiger partial charge in [-0.2, -0.15) is 0 Å². The van der Waals surface area contributed by atoms with Crippen molar-refractivity contribution < 1.29 is 19.4 Å². The molecule has 8 atom stereocenters. The van der Waals surface area contributed by atoms with Gasteiger partial charge in [-0.3, -0.25) is 9.59 Å². The van der Waals surface area contributed by atoms with Crippen LogP contribution in [0.2, 0.25) is 0 Å². The van der Waals surface area contributed by atoms with Crippen molar-refractivity contribution in [2.75, 3.05) is 0 Å². The van der Waals surface area contributed by atoms with Gasteiger partial charge in [-0.15, -0.1) is 0 Å². The third-order valence-corrected chi connectivity index (χ3v) is 8.28. The van der Waals surface area contributed by atoms with Crippen molar-refractivity contribution in [1.29, 1.82) is 0 Å². The SMILES string of the molecule is CC(=O)OC1/C=C/[C@](C)(O)C[C@@H](C)C/C=C/[C@H]2C=C(C)[C@@H](C)[C@H]3[C@H](Cc4ccccc4)NC(=O)C132. The number of aliphatic hydroxyl groups is 1. The van der Waals surface area contributed by atoms with E-state index in [9.17, 15) is 14.7 Å². The lowest BCUT2D eigenvalue weighted by molar-refractivity contribution is -0.159. The van der Waals surface area contributed by atoms with Gasteiger partial charge >= 0.3 is 5.97 Å². The van der Waals surface area contributed by atoms with Gasteiger partial charge < -0.3 is 15.2 Å². The molecule has 0 aromatic heterocycles. The number of benzene rings is 1. The summed E-state index contributed by atoms with van der Waals surface area (Å²) < 4.78 is 5.95. The van der Waals surface area contributed by atoms with E-state index in [1.165, 1.54) is 12.5 Å². The highest BCUT2D eigenvalue weighted by Gasteiger charge is 2.65. The Kier molecular flexibility index (Phi) is 7.10. The summed E-state index contributed by atoms with van der Waals surface area (Å²) in [5.41, 5.74) is 0.341. The molecule has 1 heterocycles. The maximum Gasteiger partial charge on any atom is 0.303 e. The normalized spacial score (nSPS) is 40.9. The average molecular weight is 478 g/mol. The number of nitrogens with one attached hydrogen (secondary N) is 1. The number of rotatable bonds is 3. The van der Waals surface area contributed by atoms with E-state index < -0.39 is 23.1 Å². The van der Waals surface area contributed by atoms with Crippen molar-refractivity contribution in [2.45, 2.75) is 71.6 Å². The quantitative estimate of drug-likeness (QED) is 0.486. The molecule has 1 aromatic carbocycles. The second kappa shape index (κ2) is 9.77. The lowest BCUT2D eigenvalue weighted by Gasteiger charge is -2.48. The Morgan fingerprint density at radius 3 is 2.60 bits per heavy atom. The predicted octanol–water partition coefficient (Wildman–Crippen LogP) is 4.77. The van der Waals surface area contributed by atoms with Gasteiger partial charge in [0, 0.05) is 24.8 Å². The van der Waals surface area contributed by atoms with Gasteiger partial charge in [0.2, 0.25) is 5.91 Å². The van der Waals surface area contributed by atoms with E-state index in [1.54, 1.807) is 19.1 Å². The number of carbonyl (C=O) groups is 2. The Morgan fingerprint density at radius 2 is 1.91 bits per heavy atom. The summed E-state index contributed by atoms with van der Waals surface area (Å²) >= 11 is 0. The number of ether oxygens (including phenoxy) is 1. The minimum Gasteiger partial charge on any atom is -0.457 e. The Hall–Kier alpha value is -2.66. The molecule has 2 unspecified atom stereocenters. The van der Waals surface area contributed by atoms with E-state index in [-0.39, 0.29) is 35.6 Å². The Bertz CT molecular complexity index is 1040. The van der Waals surface area contributed by atoms with Crippen molar-refractivity contribution in [3.63, 3.8) is 0 Å². The Balaban J connectivity index is 1.90. The van der Waals surface area contributed by atoms with Gasteiger partial charge in [0.15, 0.2) is 0 Å². The number of carbonyl (C=O) groups excluding carboxylic acids is 2. The zero-order valence-corrected chi connectivity index (χ0v) is 21.5. The van der Waals surface area contributed by atoms with Crippen molar-refractivity contribution in [3.05, 3.63) is 71.8 Å². The van der Waals surface area contributed by atoms with Crippen molar-refractivity contribution in [2.24, 2.45) is 29.1 Å². The lowest BCUT2D eigenvalue weighted by Crippen LogP contribution is -2.55. The third-order valence-electron chi connectivity index (χ3n) is 8.28. The Morgan fingerprint density at radius 1 is 1.20 bits per heavy atom. The van der Waals surface area contributed by atoms with Gasteiger partial charge in [0.05, 0.1) is 5.60 Å². The van der Waals surface area contributed by atoms with Crippen molar-refractivity contribution in [3.8, 4) is 0 Å². The highest BCUT2D eigenvalue weighted by Crippen LogP contribution is 2.56. The summed E-state index contributed by atoms with van der Waals surface area (Å²) in [7, 11) is 0. The van der Waals surface area contributed by atoms with E-state index in [2.05, 4.69) is 56.4 Å². The molecular weight excluding hydrogens is 438 g/mol. The highest BCUT2D eigenvalue weighted by molar-refractivity contribution is 5.89. The van der Waals surface area contributed by atoms with Crippen LogP contribution in [0.5, 0.6) is 0 Å². The summed E-state index contributed by atoms with van der Waals surface area (Å²) in [6, 6.07) is 10.1. The zero-order valence-electron chi connectivity index (χ0n) is 21.5. The summed E-state index contributed by atoms with van der Waals surface area (Å²) in [6.45, 7) is 9.60. The summed E-state index contributed by atoms with van der Waals surface area (Å²) in [6.07, 6.45) is 11.3. The topological polar surface area (TPSA) is 75.6 Å². The monoisotopic (exact) mass is 477 g/mol. The zero-order chi connectivity index (χ0) is 25.4. The second-order valence-corrected chi connectivity index (χ2v) is 11.2. The number of allylic oxidation sites excluding steroid dienone is 4. The lowest BCUT2D eigenvalue weighted by atomic mass is 9.54. The number of amides is 1. The number of esters is 1. The molecular formula is C30H39NO4. The molecule has 1 aliphatic heterocycles. The summed E-state index contributed by atoms with van der Waals surface area (Å²) in [5, 5.41) is 14.4. The number of hydrogen-bond donors (Lipinski definition) is 2. The molecule has 1 aromatic rings. The minimum absolute atomic E-state index is 0.0866. The maximum atomic E-state index is 14.1. The molecule has 0 bridgehead atoms. The van der Waals surface area contributed by atoms with E-state index in [0.717, 1.165) is 12.0 Å². The summed E-state index contributed by atoms with van der Waals surface area (Å²) in [5.74, 6) is -0.462. The van der Waals surface area contributed by atoms with Gasteiger partial charge in [-0.05, 0) is 56.6 Å². The molecule has 1 fully saturated rings. The maximum absolute atomic E-state index is 14.1. The van der Waals surface area contributed by atoms with E-state index >= 15 is 0 Å². The Labute approximate surface area is 209 Å². The molecule has 188 valence electrons. The predicted molar refractivity (Wildman–Crippen MR) is 137 cm³/mol. The molecule has 5 heteroatoms. The fourth-order valence-corrected chi connectivity index (χ4v) is 6.71. The van der Waals surface area contributed by atoms with E-state index in [4.69, 9.17) is 4.74 Å². The first-order chi connectivity index (χ1) is 16.5. The van der Waals surface area contributed by atoms with Gasteiger partial charge in [-0.25, -0.2) is 0 Å². The van der Waals surface area contributed by atoms with Crippen LogP contribution < -0.4 is 5.32 Å². The van der Waals surface area contributed by atoms with Crippen LogP contribution in [0.1, 0.15) is 53.0 Å². The molecule has 1 spiro atoms. The van der Waals surface area contributed by atoms with Crippen LogP contribution in [0, 0.1) is 29.1 Å². The third kappa shape index (κ3) is 4.88. The fraction of sp³-hybridized carbons (Fsp3) is 0.533. The molecule has 1 amide bonds. The molecule has 0 saturated carbocycles. The van der Waals surface area contributed by atoms with E-state index in [0.29, 0.717) is 12.8 Å². The van der Waals surface area contributed by atoms with Crippen molar-refractivity contribution >= 4 is 11.9 Å². The molecule has 0 radical (unpaired) electrons. The standard InChI is InChI=1S/C30H39NO4/c1-19-10-9-13-24-16-20(2)21(3)27-25(17-23-11-7-6-8-12-23)31-28(33)30(24,27)26(35-22(4)32)14-15-29(5,34)18-19/h6-9,11-16,19,21,24-27,34H,10,17-18H2,1-5H3,(H,31,33)/b13-9+,15-14+/t19-,21+,24-,25-,26?,27-,29-,30?/m0/s1. The van der Waals surface area contributed by atoms with Gasteiger partial charge in [-0.1, -0.05) is 74.1 Å². The molecule has 35 heavy (non-hydrogen) atoms. The largest absolute Gasteiger partial charge is 0.457 e. The first-order valence-electron chi connectivity index (χ1n) is 12.8. The molecule has 2 aliphatic carbocycles. The highest BCUT2D eigenvalue weighted by atomic mass is 16.5. The molecule has 3 aliphatic rings. The van der Waals surface area contributed by atoms with Gasteiger partial charge in [0.1, 0.15) is 11.5 Å². The fourth-order valence-electron chi connectivity index (χ4n) is 6.71. The smallest absolute Gasteiger partial charge is 0.303 e. The van der Waals surface area contributed by atoms with Crippen LogP contribution in [-0.2, 0) is 20.7 Å². The first-order valence-corrected chi connectivity index (χ1v) is 12.8. The van der Waals surface area contributed by atoms with Crippen LogP contribution >= 0.6 is 0 Å². The van der Waals surface area contributed by atoms with Crippen LogP contribution in [0.25, 0.3) is 0 Å². The molecule has 5 nitrogen and oxygen atoms in total. The molecule has 2 N–H and O–H groups in total. The number of hydrogen-bond acceptors (Lipinski definition) is 4. The van der Waals surface area contributed by atoms with Crippen molar-refractivity contribution in [1.82, 2.24) is 5.32 Å². The average Bonchev–Trinajstić information content (AvgIpc) is 3.06. The van der Waals surface area contributed by atoms with Crippen LogP contribution in [0.15, 0.2) is 66.3 Å². The van der Waals surface area contributed by atoms with Crippen LogP contribution in [0.3, 0.4) is 0 Å². The first kappa shape index (κ1) is 25.4. The van der Waals surface area contributed by atoms with Gasteiger partial charge in [0.25, 0.3) is 0 Å². The molecule has 1 saturated heterocycles. The van der Waals surface area contributed by atoms with E-state index in [1.807, 2.05) is 18.2 Å². The van der Waals surface area contributed by atoms with Crippen LogP contribution in [-0.4, -0.2) is 34.7 Å².